The lowest BCUT2D eigenvalue weighted by Gasteiger charge is -2.21. The van der Waals surface area contributed by atoms with Crippen molar-refractivity contribution in [1.82, 2.24) is 4.90 Å². The monoisotopic (exact) mass is 295 g/mol. The summed E-state index contributed by atoms with van der Waals surface area (Å²) in [4.78, 5) is 12.7. The van der Waals surface area contributed by atoms with E-state index in [0.717, 1.165) is 24.2 Å². The first-order valence-corrected chi connectivity index (χ1v) is 7.22. The molecule has 0 amide bonds. The molecule has 1 aromatic carbocycles. The molecule has 1 aromatic rings. The van der Waals surface area contributed by atoms with Gasteiger partial charge in [0, 0.05) is 6.54 Å². The van der Waals surface area contributed by atoms with E-state index in [1.165, 1.54) is 0 Å². The second-order valence-electron chi connectivity index (χ2n) is 5.12. The third-order valence-electron chi connectivity index (χ3n) is 3.43. The largest absolute Gasteiger partial charge is 0.493 e. The van der Waals surface area contributed by atoms with E-state index in [9.17, 15) is 4.79 Å². The van der Waals surface area contributed by atoms with E-state index in [-0.39, 0.29) is 0 Å². The molecule has 0 heterocycles. The van der Waals surface area contributed by atoms with Crippen LogP contribution in [0.15, 0.2) is 18.2 Å². The van der Waals surface area contributed by atoms with Crippen LogP contribution in [0.1, 0.15) is 32.3 Å². The SMILES string of the molecule is CCCCOc1ccc(CN(C)C(C)C(=O)O)cc1OC. The van der Waals surface area contributed by atoms with Gasteiger partial charge in [-0.2, -0.15) is 0 Å². The van der Waals surface area contributed by atoms with Crippen molar-refractivity contribution in [3.63, 3.8) is 0 Å². The summed E-state index contributed by atoms with van der Waals surface area (Å²) in [6, 6.07) is 5.18. The average molecular weight is 295 g/mol. The van der Waals surface area contributed by atoms with E-state index >= 15 is 0 Å². The molecule has 21 heavy (non-hydrogen) atoms. The molecule has 0 saturated carbocycles. The lowest BCUT2D eigenvalue weighted by Crippen LogP contribution is -2.35. The van der Waals surface area contributed by atoms with Gasteiger partial charge in [0.25, 0.3) is 0 Å². The van der Waals surface area contributed by atoms with Crippen molar-refractivity contribution in [3.8, 4) is 11.5 Å². The molecule has 5 heteroatoms. The van der Waals surface area contributed by atoms with Gasteiger partial charge in [-0.15, -0.1) is 0 Å². The second kappa shape index (κ2) is 8.52. The van der Waals surface area contributed by atoms with Gasteiger partial charge in [-0.3, -0.25) is 9.69 Å². The van der Waals surface area contributed by atoms with Crippen LogP contribution in [0.25, 0.3) is 0 Å². The number of benzene rings is 1. The minimum Gasteiger partial charge on any atom is -0.493 e. The van der Waals surface area contributed by atoms with Crippen molar-refractivity contribution in [2.45, 2.75) is 39.3 Å². The number of hydrogen-bond acceptors (Lipinski definition) is 4. The fraction of sp³-hybridized carbons (Fsp3) is 0.562. The highest BCUT2D eigenvalue weighted by molar-refractivity contribution is 5.72. The van der Waals surface area contributed by atoms with Gasteiger partial charge in [0.05, 0.1) is 13.7 Å². The molecule has 1 atom stereocenters. The van der Waals surface area contributed by atoms with Crippen LogP contribution in [0.4, 0.5) is 0 Å². The van der Waals surface area contributed by atoms with E-state index < -0.39 is 12.0 Å². The van der Waals surface area contributed by atoms with E-state index in [1.807, 2.05) is 18.2 Å². The van der Waals surface area contributed by atoms with Gasteiger partial charge >= 0.3 is 5.97 Å². The summed E-state index contributed by atoms with van der Waals surface area (Å²) < 4.78 is 11.0. The predicted molar refractivity (Wildman–Crippen MR) is 82.0 cm³/mol. The number of carboxylic acids is 1. The standard InChI is InChI=1S/C16H25NO4/c1-5-6-9-21-14-8-7-13(10-15(14)20-4)11-17(3)12(2)16(18)19/h7-8,10,12H,5-6,9,11H2,1-4H3,(H,18,19). The molecule has 0 aliphatic heterocycles. The first kappa shape index (κ1) is 17.3. The molecule has 0 spiro atoms. The molecule has 0 aliphatic carbocycles. The molecule has 5 nitrogen and oxygen atoms in total. The number of ether oxygens (including phenoxy) is 2. The minimum absolute atomic E-state index is 0.531. The first-order valence-electron chi connectivity index (χ1n) is 7.22. The zero-order chi connectivity index (χ0) is 15.8. The Morgan fingerprint density at radius 3 is 2.67 bits per heavy atom. The number of carbonyl (C=O) groups is 1. The summed E-state index contributed by atoms with van der Waals surface area (Å²) in [5, 5.41) is 9.01. The second-order valence-corrected chi connectivity index (χ2v) is 5.12. The Hall–Kier alpha value is -1.75. The molecule has 118 valence electrons. The first-order chi connectivity index (χ1) is 9.99. The topological polar surface area (TPSA) is 59.0 Å². The van der Waals surface area contributed by atoms with E-state index in [2.05, 4.69) is 6.92 Å². The minimum atomic E-state index is -0.830. The number of likely N-dealkylation sites (N-methyl/N-ethyl adjacent to an activating group) is 1. The van der Waals surface area contributed by atoms with Crippen LogP contribution in [-0.4, -0.2) is 42.8 Å². The van der Waals surface area contributed by atoms with Gasteiger partial charge < -0.3 is 14.6 Å². The molecule has 0 aliphatic rings. The highest BCUT2D eigenvalue weighted by Gasteiger charge is 2.17. The summed E-state index contributed by atoms with van der Waals surface area (Å²) >= 11 is 0. The lowest BCUT2D eigenvalue weighted by molar-refractivity contribution is -0.142. The number of carboxylic acid groups (broad SMARTS) is 1. The van der Waals surface area contributed by atoms with Gasteiger partial charge in [0.15, 0.2) is 11.5 Å². The highest BCUT2D eigenvalue weighted by Crippen LogP contribution is 2.28. The molecule has 0 fully saturated rings. The fourth-order valence-electron chi connectivity index (χ4n) is 1.87. The van der Waals surface area contributed by atoms with Crippen LogP contribution in [0, 0.1) is 0 Å². The average Bonchev–Trinajstić information content (AvgIpc) is 2.47. The van der Waals surface area contributed by atoms with E-state index in [0.29, 0.717) is 18.9 Å². The predicted octanol–water partition coefficient (Wildman–Crippen LogP) is 2.78. The van der Waals surface area contributed by atoms with Gasteiger partial charge in [0.1, 0.15) is 6.04 Å². The van der Waals surface area contributed by atoms with Crippen molar-refractivity contribution >= 4 is 5.97 Å². The third kappa shape index (κ3) is 5.27. The Morgan fingerprint density at radius 2 is 2.10 bits per heavy atom. The Balaban J connectivity index is 2.75. The van der Waals surface area contributed by atoms with Crippen molar-refractivity contribution < 1.29 is 19.4 Å². The number of aliphatic carboxylic acids is 1. The summed E-state index contributed by atoms with van der Waals surface area (Å²) in [7, 11) is 3.40. The summed E-state index contributed by atoms with van der Waals surface area (Å²) in [5.41, 5.74) is 0.991. The van der Waals surface area contributed by atoms with E-state index in [4.69, 9.17) is 14.6 Å². The maximum atomic E-state index is 11.0. The number of hydrogen-bond donors (Lipinski definition) is 1. The molecule has 1 rings (SSSR count). The molecular formula is C16H25NO4. The lowest BCUT2D eigenvalue weighted by atomic mass is 10.1. The van der Waals surface area contributed by atoms with Crippen LogP contribution >= 0.6 is 0 Å². The van der Waals surface area contributed by atoms with Crippen LogP contribution in [-0.2, 0) is 11.3 Å². The fourth-order valence-corrected chi connectivity index (χ4v) is 1.87. The number of nitrogens with zero attached hydrogens (tertiary/aromatic N) is 1. The van der Waals surface area contributed by atoms with Crippen LogP contribution < -0.4 is 9.47 Å². The van der Waals surface area contributed by atoms with Crippen molar-refractivity contribution in [2.75, 3.05) is 20.8 Å². The highest BCUT2D eigenvalue weighted by atomic mass is 16.5. The normalized spacial score (nSPS) is 12.2. The van der Waals surface area contributed by atoms with Crippen molar-refractivity contribution in [3.05, 3.63) is 23.8 Å². The zero-order valence-corrected chi connectivity index (χ0v) is 13.3. The Bertz CT molecular complexity index is 462. The molecular weight excluding hydrogens is 270 g/mol. The summed E-state index contributed by atoms with van der Waals surface area (Å²) in [6.07, 6.45) is 2.09. The third-order valence-corrected chi connectivity index (χ3v) is 3.43. The summed E-state index contributed by atoms with van der Waals surface area (Å²) in [6.45, 7) is 4.99. The van der Waals surface area contributed by atoms with Gasteiger partial charge in [-0.25, -0.2) is 0 Å². The van der Waals surface area contributed by atoms with Gasteiger partial charge in [0.2, 0.25) is 0 Å². The van der Waals surface area contributed by atoms with E-state index in [1.54, 1.807) is 26.0 Å². The number of methoxy groups -OCH3 is 1. The molecule has 1 N–H and O–H groups in total. The molecule has 0 radical (unpaired) electrons. The van der Waals surface area contributed by atoms with Crippen LogP contribution in [0.3, 0.4) is 0 Å². The Labute approximate surface area is 126 Å². The number of unbranched alkanes of at least 4 members (excludes halogenated alkanes) is 1. The molecule has 0 bridgehead atoms. The Morgan fingerprint density at radius 1 is 1.38 bits per heavy atom. The Kier molecular flexibility index (Phi) is 7.02. The van der Waals surface area contributed by atoms with Crippen LogP contribution in [0.5, 0.6) is 11.5 Å². The maximum absolute atomic E-state index is 11.0. The van der Waals surface area contributed by atoms with Gasteiger partial charge in [-0.1, -0.05) is 19.4 Å². The van der Waals surface area contributed by atoms with Crippen molar-refractivity contribution in [2.24, 2.45) is 0 Å². The van der Waals surface area contributed by atoms with Crippen molar-refractivity contribution in [1.29, 1.82) is 0 Å². The maximum Gasteiger partial charge on any atom is 0.320 e. The quantitative estimate of drug-likeness (QED) is 0.710. The molecule has 0 saturated heterocycles. The molecule has 1 unspecified atom stereocenters. The van der Waals surface area contributed by atoms with Crippen LogP contribution in [0.2, 0.25) is 0 Å². The molecule has 0 aromatic heterocycles. The smallest absolute Gasteiger partial charge is 0.320 e. The number of rotatable bonds is 9. The van der Waals surface area contributed by atoms with Gasteiger partial charge in [-0.05, 0) is 38.1 Å². The zero-order valence-electron chi connectivity index (χ0n) is 13.3. The summed E-state index contributed by atoms with van der Waals surface area (Å²) in [5.74, 6) is 0.576.